The van der Waals surface area contributed by atoms with Crippen LogP contribution in [0.2, 0.25) is 0 Å². The third-order valence-electron chi connectivity index (χ3n) is 7.01. The Morgan fingerprint density at radius 1 is 1.08 bits per heavy atom. The van der Waals surface area contributed by atoms with Gasteiger partial charge in [0.15, 0.2) is 0 Å². The molecule has 1 aliphatic rings. The van der Waals surface area contributed by atoms with Crippen LogP contribution in [0.15, 0.2) is 70.7 Å². The van der Waals surface area contributed by atoms with Crippen molar-refractivity contribution in [1.29, 1.82) is 0 Å². The molecule has 9 nitrogen and oxygen atoms in total. The van der Waals surface area contributed by atoms with Crippen LogP contribution in [0.1, 0.15) is 50.4 Å². The van der Waals surface area contributed by atoms with Crippen molar-refractivity contribution in [3.05, 3.63) is 88.2 Å². The van der Waals surface area contributed by atoms with Gasteiger partial charge in [-0.15, -0.1) is 11.3 Å². The fourth-order valence-electron chi connectivity index (χ4n) is 4.94. The summed E-state index contributed by atoms with van der Waals surface area (Å²) in [5.74, 6) is 0.322. The first-order chi connectivity index (χ1) is 19.0. The number of phenolic OH excluding ortho intramolecular Hbond substituents is 1. The van der Waals surface area contributed by atoms with Gasteiger partial charge in [0, 0.05) is 41.5 Å². The maximum atomic E-state index is 13.4. The van der Waals surface area contributed by atoms with Crippen molar-refractivity contribution in [3.8, 4) is 17.0 Å². The lowest BCUT2D eigenvalue weighted by Gasteiger charge is -2.31. The van der Waals surface area contributed by atoms with Crippen LogP contribution in [0.5, 0.6) is 5.75 Å². The maximum Gasteiger partial charge on any atom is 0.275 e. The fraction of sp³-hybridized carbons (Fsp3) is 0.207. The summed E-state index contributed by atoms with van der Waals surface area (Å²) in [5, 5.41) is 20.4. The van der Waals surface area contributed by atoms with Crippen molar-refractivity contribution in [1.82, 2.24) is 20.0 Å². The second kappa shape index (κ2) is 10.3. The molecule has 2 aromatic carbocycles. The van der Waals surface area contributed by atoms with E-state index in [1.165, 1.54) is 17.4 Å². The summed E-state index contributed by atoms with van der Waals surface area (Å²) >= 11 is 1.46. The highest BCUT2D eigenvalue weighted by atomic mass is 32.1. The second-order valence-corrected chi connectivity index (χ2v) is 10.3. The van der Waals surface area contributed by atoms with E-state index in [0.29, 0.717) is 52.4 Å². The monoisotopic (exact) mass is 539 g/mol. The second-order valence-electron chi connectivity index (χ2n) is 9.45. The zero-order valence-electron chi connectivity index (χ0n) is 21.1. The zero-order valence-corrected chi connectivity index (χ0v) is 21.9. The van der Waals surface area contributed by atoms with Gasteiger partial charge in [-0.05, 0) is 44.0 Å². The third-order valence-corrected chi connectivity index (χ3v) is 8.01. The van der Waals surface area contributed by atoms with E-state index in [9.17, 15) is 14.7 Å². The number of rotatable bonds is 5. The number of carbonyl (C=O) groups excluding carboxylic acids is 2. The molecule has 10 heteroatoms. The minimum atomic E-state index is -0.322. The Hall–Kier alpha value is -4.57. The van der Waals surface area contributed by atoms with Crippen LogP contribution in [-0.2, 0) is 0 Å². The molecule has 6 rings (SSSR count). The Labute approximate surface area is 228 Å². The lowest BCUT2D eigenvalue weighted by Crippen LogP contribution is -2.38. The third kappa shape index (κ3) is 4.74. The van der Waals surface area contributed by atoms with Gasteiger partial charge in [0.05, 0.1) is 10.7 Å². The summed E-state index contributed by atoms with van der Waals surface area (Å²) in [6, 6.07) is 16.3. The lowest BCUT2D eigenvalue weighted by atomic mass is 9.96. The van der Waals surface area contributed by atoms with Gasteiger partial charge in [0.25, 0.3) is 11.8 Å². The summed E-state index contributed by atoms with van der Waals surface area (Å²) in [7, 11) is 0. The number of phenols is 1. The van der Waals surface area contributed by atoms with Crippen molar-refractivity contribution >= 4 is 39.7 Å². The minimum Gasteiger partial charge on any atom is -0.506 e. The van der Waals surface area contributed by atoms with Gasteiger partial charge in [-0.25, -0.2) is 4.98 Å². The van der Waals surface area contributed by atoms with Crippen LogP contribution in [-0.4, -0.2) is 50.0 Å². The van der Waals surface area contributed by atoms with Crippen molar-refractivity contribution in [2.45, 2.75) is 25.7 Å². The number of hydrogen-bond acceptors (Lipinski definition) is 8. The molecular formula is C29H25N5O4S. The molecule has 3 aromatic heterocycles. The Bertz CT molecular complexity index is 1670. The van der Waals surface area contributed by atoms with Crippen LogP contribution >= 0.6 is 11.3 Å². The highest BCUT2D eigenvalue weighted by molar-refractivity contribution is 7.10. The Morgan fingerprint density at radius 3 is 2.67 bits per heavy atom. The van der Waals surface area contributed by atoms with Gasteiger partial charge in [-0.2, -0.15) is 0 Å². The van der Waals surface area contributed by atoms with Crippen molar-refractivity contribution in [3.63, 3.8) is 0 Å². The van der Waals surface area contributed by atoms with Gasteiger partial charge in [-0.1, -0.05) is 35.5 Å². The highest BCUT2D eigenvalue weighted by Gasteiger charge is 2.31. The molecule has 0 atom stereocenters. The number of aromatic nitrogens is 3. The van der Waals surface area contributed by atoms with Gasteiger partial charge < -0.3 is 19.8 Å². The highest BCUT2D eigenvalue weighted by Crippen LogP contribution is 2.34. The number of aromatic hydroxyl groups is 1. The fourth-order valence-corrected chi connectivity index (χ4v) is 5.91. The molecule has 0 saturated carbocycles. The summed E-state index contributed by atoms with van der Waals surface area (Å²) in [6.45, 7) is 2.92. The summed E-state index contributed by atoms with van der Waals surface area (Å²) in [6.07, 6.45) is 3.09. The molecule has 2 N–H and O–H groups in total. The number of hydrogen-bond donors (Lipinski definition) is 2. The molecule has 0 aliphatic carbocycles. The number of nitrogens with one attached hydrogen (secondary N) is 1. The number of nitrogens with zero attached hydrogens (tertiary/aromatic N) is 4. The van der Waals surface area contributed by atoms with E-state index in [2.05, 4.69) is 20.4 Å². The van der Waals surface area contributed by atoms with Crippen LogP contribution in [0.25, 0.3) is 22.2 Å². The Balaban J connectivity index is 1.12. The van der Waals surface area contributed by atoms with E-state index in [1.807, 2.05) is 35.2 Å². The first-order valence-electron chi connectivity index (χ1n) is 12.6. The van der Waals surface area contributed by atoms with Crippen molar-refractivity contribution < 1.29 is 19.2 Å². The van der Waals surface area contributed by atoms with Crippen LogP contribution in [0.4, 0.5) is 5.69 Å². The van der Waals surface area contributed by atoms with Gasteiger partial charge in [0.1, 0.15) is 34.0 Å². The number of thiazole rings is 1. The summed E-state index contributed by atoms with van der Waals surface area (Å²) in [4.78, 5) is 37.1. The van der Waals surface area contributed by atoms with Crippen LogP contribution in [0.3, 0.4) is 0 Å². The quantitative estimate of drug-likeness (QED) is 0.278. The van der Waals surface area contributed by atoms with Crippen LogP contribution in [0, 0.1) is 6.92 Å². The van der Waals surface area contributed by atoms with E-state index in [0.717, 1.165) is 23.4 Å². The van der Waals surface area contributed by atoms with E-state index < -0.39 is 0 Å². The molecule has 4 heterocycles. The molecule has 39 heavy (non-hydrogen) atoms. The first kappa shape index (κ1) is 24.7. The normalized spacial score (nSPS) is 14.0. The number of anilines is 1. The number of carbonyl (C=O) groups is 2. The number of piperidine rings is 1. The Morgan fingerprint density at radius 2 is 1.87 bits per heavy atom. The molecule has 1 saturated heterocycles. The molecule has 5 aromatic rings. The van der Waals surface area contributed by atoms with Gasteiger partial charge >= 0.3 is 0 Å². The smallest absolute Gasteiger partial charge is 0.275 e. The predicted octanol–water partition coefficient (Wildman–Crippen LogP) is 5.63. The zero-order chi connectivity index (χ0) is 26.9. The number of likely N-dealkylation sites (tertiary alicyclic amines) is 1. The topological polar surface area (TPSA) is 121 Å². The predicted molar refractivity (Wildman–Crippen MR) is 148 cm³/mol. The molecule has 0 bridgehead atoms. The average molecular weight is 540 g/mol. The van der Waals surface area contributed by atoms with E-state index in [-0.39, 0.29) is 23.5 Å². The molecule has 0 spiro atoms. The van der Waals surface area contributed by atoms with Gasteiger partial charge in [-0.3, -0.25) is 14.6 Å². The number of aryl methyl sites for hydroxylation is 1. The van der Waals surface area contributed by atoms with Crippen molar-refractivity contribution in [2.75, 3.05) is 18.4 Å². The number of benzene rings is 2. The molecule has 0 unspecified atom stereocenters. The van der Waals surface area contributed by atoms with E-state index in [1.54, 1.807) is 36.7 Å². The molecule has 0 radical (unpaired) electrons. The molecule has 196 valence electrons. The van der Waals surface area contributed by atoms with Crippen LogP contribution < -0.4 is 5.32 Å². The summed E-state index contributed by atoms with van der Waals surface area (Å²) in [5.41, 5.74) is 3.23. The number of fused-ring (bicyclic) bond motifs is 1. The largest absolute Gasteiger partial charge is 0.506 e. The number of pyridine rings is 1. The molecule has 2 amide bonds. The van der Waals surface area contributed by atoms with Gasteiger partial charge in [0.2, 0.25) is 0 Å². The number of amides is 2. The minimum absolute atomic E-state index is 0.0554. The van der Waals surface area contributed by atoms with Crippen molar-refractivity contribution in [2.24, 2.45) is 0 Å². The molecular weight excluding hydrogens is 514 g/mol. The SMILES string of the molecule is Cc1onc(-c2ccccc2)c1C(=O)N1CCC(c2nc(C(=O)Nc3ccc(O)c4ncccc34)cs2)CC1. The van der Waals surface area contributed by atoms with E-state index in [4.69, 9.17) is 4.52 Å². The maximum absolute atomic E-state index is 13.4. The summed E-state index contributed by atoms with van der Waals surface area (Å²) < 4.78 is 5.39. The van der Waals surface area contributed by atoms with E-state index >= 15 is 0 Å². The molecule has 1 aliphatic heterocycles. The lowest BCUT2D eigenvalue weighted by molar-refractivity contribution is 0.0711. The molecule has 1 fully saturated rings. The average Bonchev–Trinajstić information content (AvgIpc) is 3.62. The standard InChI is InChI=1S/C29H25N5O4S/c1-17-24(25(33-38-17)18-6-3-2-4-7-18)29(37)34-14-11-19(12-15-34)28-32-22(16-39-28)27(36)31-21-9-10-23(35)26-20(21)8-5-13-30-26/h2-10,13,16,19,35H,11-12,14-15H2,1H3,(H,31,36). The first-order valence-corrected chi connectivity index (χ1v) is 13.5. The Kier molecular flexibility index (Phi) is 6.54.